The summed E-state index contributed by atoms with van der Waals surface area (Å²) in [5.74, 6) is 0. The van der Waals surface area contributed by atoms with E-state index in [2.05, 4.69) is 44.8 Å². The molecule has 1 heterocycles. The van der Waals surface area contributed by atoms with Gasteiger partial charge < -0.3 is 5.32 Å². The zero-order chi connectivity index (χ0) is 12.2. The van der Waals surface area contributed by atoms with E-state index in [-0.39, 0.29) is 0 Å². The molecule has 1 saturated heterocycles. The summed E-state index contributed by atoms with van der Waals surface area (Å²) >= 11 is 0. The van der Waals surface area contributed by atoms with Crippen LogP contribution in [0.2, 0.25) is 0 Å². The van der Waals surface area contributed by atoms with Crippen LogP contribution in [0.1, 0.15) is 60.3 Å². The van der Waals surface area contributed by atoms with Gasteiger partial charge in [0.05, 0.1) is 0 Å². The maximum Gasteiger partial charge on any atom is 0.0153 e. The van der Waals surface area contributed by atoms with Crippen LogP contribution in [-0.2, 0) is 0 Å². The number of hydrogen-bond acceptors (Lipinski definition) is 2. The van der Waals surface area contributed by atoms with Crippen molar-refractivity contribution in [2.75, 3.05) is 13.1 Å². The van der Waals surface area contributed by atoms with Crippen LogP contribution >= 0.6 is 0 Å². The second-order valence-electron chi connectivity index (χ2n) is 5.88. The molecule has 1 aliphatic rings. The van der Waals surface area contributed by atoms with E-state index in [1.54, 1.807) is 0 Å². The number of nitrogens with zero attached hydrogens (tertiary/aromatic N) is 1. The average molecular weight is 226 g/mol. The van der Waals surface area contributed by atoms with Gasteiger partial charge in [0.25, 0.3) is 0 Å². The van der Waals surface area contributed by atoms with Crippen molar-refractivity contribution in [3.05, 3.63) is 0 Å². The predicted molar refractivity (Wildman–Crippen MR) is 71.9 cm³/mol. The lowest BCUT2D eigenvalue weighted by molar-refractivity contribution is 0.0343. The van der Waals surface area contributed by atoms with Crippen LogP contribution in [0.4, 0.5) is 0 Å². The van der Waals surface area contributed by atoms with Gasteiger partial charge in [-0.15, -0.1) is 0 Å². The molecule has 2 atom stereocenters. The standard InChI is InChI=1S/C14H30N2/c1-6-9-15-13-8-10-16(12(3)11-13)14(4,5)7-2/h12-13,15H,6-11H2,1-5H3. The van der Waals surface area contributed by atoms with Crippen molar-refractivity contribution in [1.82, 2.24) is 10.2 Å². The summed E-state index contributed by atoms with van der Waals surface area (Å²) in [7, 11) is 0. The van der Waals surface area contributed by atoms with Crippen LogP contribution in [0.5, 0.6) is 0 Å². The van der Waals surface area contributed by atoms with Gasteiger partial charge in [-0.25, -0.2) is 0 Å². The fraction of sp³-hybridized carbons (Fsp3) is 1.00. The van der Waals surface area contributed by atoms with Gasteiger partial charge in [-0.2, -0.15) is 0 Å². The Morgan fingerprint density at radius 3 is 2.50 bits per heavy atom. The molecule has 16 heavy (non-hydrogen) atoms. The fourth-order valence-electron chi connectivity index (χ4n) is 2.81. The summed E-state index contributed by atoms with van der Waals surface area (Å²) in [6.07, 6.45) is 5.11. The molecule has 1 N–H and O–H groups in total. The Bertz CT molecular complexity index is 201. The lowest BCUT2D eigenvalue weighted by Gasteiger charge is -2.47. The third kappa shape index (κ3) is 3.46. The highest BCUT2D eigenvalue weighted by Crippen LogP contribution is 2.27. The van der Waals surface area contributed by atoms with Crippen molar-refractivity contribution in [1.29, 1.82) is 0 Å². The van der Waals surface area contributed by atoms with Crippen LogP contribution in [0, 0.1) is 0 Å². The number of rotatable bonds is 5. The predicted octanol–water partition coefficient (Wildman–Crippen LogP) is 3.03. The summed E-state index contributed by atoms with van der Waals surface area (Å²) in [4.78, 5) is 2.69. The summed E-state index contributed by atoms with van der Waals surface area (Å²) in [5, 5.41) is 3.67. The van der Waals surface area contributed by atoms with Gasteiger partial charge in [-0.1, -0.05) is 13.8 Å². The van der Waals surface area contributed by atoms with E-state index in [9.17, 15) is 0 Å². The summed E-state index contributed by atoms with van der Waals surface area (Å²) in [6, 6.07) is 1.47. The molecule has 0 aromatic carbocycles. The largest absolute Gasteiger partial charge is 0.314 e. The maximum atomic E-state index is 3.67. The highest BCUT2D eigenvalue weighted by molar-refractivity contribution is 4.90. The van der Waals surface area contributed by atoms with Gasteiger partial charge in [-0.3, -0.25) is 4.90 Å². The Balaban J connectivity index is 2.46. The molecule has 1 fully saturated rings. The fourth-order valence-corrected chi connectivity index (χ4v) is 2.81. The molecule has 2 nitrogen and oxygen atoms in total. The Morgan fingerprint density at radius 1 is 1.31 bits per heavy atom. The molecule has 96 valence electrons. The molecule has 0 spiro atoms. The van der Waals surface area contributed by atoms with Gasteiger partial charge in [0.2, 0.25) is 0 Å². The first-order valence-electron chi connectivity index (χ1n) is 7.01. The Labute approximate surface area is 102 Å². The lowest BCUT2D eigenvalue weighted by atomic mass is 9.90. The van der Waals surface area contributed by atoms with Gasteiger partial charge >= 0.3 is 0 Å². The van der Waals surface area contributed by atoms with Crippen molar-refractivity contribution in [2.45, 2.75) is 77.9 Å². The van der Waals surface area contributed by atoms with Crippen LogP contribution in [0.15, 0.2) is 0 Å². The monoisotopic (exact) mass is 226 g/mol. The third-order valence-electron chi connectivity index (χ3n) is 4.20. The van der Waals surface area contributed by atoms with Crippen molar-refractivity contribution in [2.24, 2.45) is 0 Å². The molecule has 2 heteroatoms. The van der Waals surface area contributed by atoms with Crippen molar-refractivity contribution in [3.8, 4) is 0 Å². The summed E-state index contributed by atoms with van der Waals surface area (Å²) < 4.78 is 0. The Kier molecular flexibility index (Phi) is 5.26. The zero-order valence-electron chi connectivity index (χ0n) is 11.8. The molecule has 0 saturated carbocycles. The van der Waals surface area contributed by atoms with E-state index in [0.717, 1.165) is 12.1 Å². The quantitative estimate of drug-likeness (QED) is 0.775. The normalized spacial score (nSPS) is 28.3. The van der Waals surface area contributed by atoms with Crippen molar-refractivity contribution >= 4 is 0 Å². The molecule has 0 aromatic heterocycles. The van der Waals surface area contributed by atoms with Gasteiger partial charge in [-0.05, 0) is 53.0 Å². The molecular weight excluding hydrogens is 196 g/mol. The lowest BCUT2D eigenvalue weighted by Crippen LogP contribution is -2.55. The van der Waals surface area contributed by atoms with Gasteiger partial charge in [0.1, 0.15) is 0 Å². The van der Waals surface area contributed by atoms with Crippen LogP contribution in [0.25, 0.3) is 0 Å². The second kappa shape index (κ2) is 6.02. The maximum absolute atomic E-state index is 3.67. The second-order valence-corrected chi connectivity index (χ2v) is 5.88. The van der Waals surface area contributed by atoms with Crippen LogP contribution in [0.3, 0.4) is 0 Å². The minimum atomic E-state index is 0.370. The highest BCUT2D eigenvalue weighted by atomic mass is 15.2. The number of nitrogens with one attached hydrogen (secondary N) is 1. The zero-order valence-corrected chi connectivity index (χ0v) is 11.8. The molecule has 0 aliphatic carbocycles. The molecule has 0 aromatic rings. The molecule has 1 aliphatic heterocycles. The molecule has 2 unspecified atom stereocenters. The van der Waals surface area contributed by atoms with E-state index in [1.165, 1.54) is 38.8 Å². The molecule has 0 radical (unpaired) electrons. The number of likely N-dealkylation sites (tertiary alicyclic amines) is 1. The van der Waals surface area contributed by atoms with E-state index >= 15 is 0 Å². The summed E-state index contributed by atoms with van der Waals surface area (Å²) in [5.41, 5.74) is 0.370. The molecular formula is C14H30N2. The first-order chi connectivity index (χ1) is 7.51. The highest BCUT2D eigenvalue weighted by Gasteiger charge is 2.33. The Hall–Kier alpha value is -0.0800. The first-order valence-corrected chi connectivity index (χ1v) is 7.01. The topological polar surface area (TPSA) is 15.3 Å². The SMILES string of the molecule is CCCNC1CCN(C(C)(C)CC)C(C)C1. The Morgan fingerprint density at radius 2 is 2.00 bits per heavy atom. The molecule has 0 amide bonds. The van der Waals surface area contributed by atoms with E-state index < -0.39 is 0 Å². The van der Waals surface area contributed by atoms with E-state index in [4.69, 9.17) is 0 Å². The molecule has 1 rings (SSSR count). The van der Waals surface area contributed by atoms with Crippen LogP contribution < -0.4 is 5.32 Å². The van der Waals surface area contributed by atoms with Crippen molar-refractivity contribution in [3.63, 3.8) is 0 Å². The minimum absolute atomic E-state index is 0.370. The minimum Gasteiger partial charge on any atom is -0.314 e. The average Bonchev–Trinajstić information content (AvgIpc) is 2.26. The van der Waals surface area contributed by atoms with E-state index in [0.29, 0.717) is 5.54 Å². The van der Waals surface area contributed by atoms with Crippen LogP contribution in [-0.4, -0.2) is 35.6 Å². The number of hydrogen-bond donors (Lipinski definition) is 1. The smallest absolute Gasteiger partial charge is 0.0153 e. The van der Waals surface area contributed by atoms with Crippen molar-refractivity contribution < 1.29 is 0 Å². The summed E-state index contributed by atoms with van der Waals surface area (Å²) in [6.45, 7) is 14.1. The third-order valence-corrected chi connectivity index (χ3v) is 4.20. The van der Waals surface area contributed by atoms with Gasteiger partial charge in [0.15, 0.2) is 0 Å². The molecule has 0 bridgehead atoms. The van der Waals surface area contributed by atoms with Gasteiger partial charge in [0, 0.05) is 24.2 Å². The first kappa shape index (κ1) is 14.0. The number of piperidine rings is 1. The van der Waals surface area contributed by atoms with E-state index in [1.807, 2.05) is 0 Å².